The van der Waals surface area contributed by atoms with Crippen molar-refractivity contribution in [2.45, 2.75) is 39.0 Å². The number of likely N-dealkylation sites (N-methyl/N-ethyl adjacent to an activating group) is 1. The fourth-order valence-electron chi connectivity index (χ4n) is 3.15. The molecule has 2 fully saturated rings. The molecule has 2 aliphatic heterocycles. The van der Waals surface area contributed by atoms with Gasteiger partial charge in [-0.3, -0.25) is 9.59 Å². The second-order valence-corrected chi connectivity index (χ2v) is 6.39. The number of piperidine rings is 1. The lowest BCUT2D eigenvalue weighted by Crippen LogP contribution is -2.51. The SMILES string of the molecule is CCCCC(=O)N1CCC(C(=O)N2CCN(C)CC2)CC1. The highest BCUT2D eigenvalue weighted by Crippen LogP contribution is 2.21. The molecule has 0 N–H and O–H groups in total. The third-order valence-corrected chi connectivity index (χ3v) is 4.76. The molecule has 21 heavy (non-hydrogen) atoms. The zero-order chi connectivity index (χ0) is 15.2. The van der Waals surface area contributed by atoms with Gasteiger partial charge < -0.3 is 14.7 Å². The number of piperazine rings is 1. The van der Waals surface area contributed by atoms with Gasteiger partial charge in [0, 0.05) is 51.6 Å². The smallest absolute Gasteiger partial charge is 0.225 e. The first-order valence-corrected chi connectivity index (χ1v) is 8.37. The van der Waals surface area contributed by atoms with Crippen LogP contribution in [0, 0.1) is 5.92 Å². The van der Waals surface area contributed by atoms with Crippen LogP contribution < -0.4 is 0 Å². The van der Waals surface area contributed by atoms with Crippen molar-refractivity contribution in [3.8, 4) is 0 Å². The number of amides is 2. The van der Waals surface area contributed by atoms with E-state index in [0.717, 1.165) is 65.0 Å². The maximum absolute atomic E-state index is 12.5. The van der Waals surface area contributed by atoms with E-state index in [-0.39, 0.29) is 11.8 Å². The molecular formula is C16H29N3O2. The van der Waals surface area contributed by atoms with Crippen LogP contribution in [0.15, 0.2) is 0 Å². The number of rotatable bonds is 4. The Morgan fingerprint density at radius 2 is 1.57 bits per heavy atom. The van der Waals surface area contributed by atoms with Crippen LogP contribution in [-0.4, -0.2) is 72.8 Å². The first-order valence-electron chi connectivity index (χ1n) is 8.37. The molecule has 120 valence electrons. The molecular weight excluding hydrogens is 266 g/mol. The van der Waals surface area contributed by atoms with Crippen molar-refractivity contribution in [2.75, 3.05) is 46.3 Å². The fourth-order valence-corrected chi connectivity index (χ4v) is 3.15. The number of hydrogen-bond acceptors (Lipinski definition) is 3. The van der Waals surface area contributed by atoms with E-state index < -0.39 is 0 Å². The zero-order valence-corrected chi connectivity index (χ0v) is 13.5. The average molecular weight is 295 g/mol. The van der Waals surface area contributed by atoms with Gasteiger partial charge in [0.05, 0.1) is 0 Å². The molecule has 2 heterocycles. The van der Waals surface area contributed by atoms with Crippen LogP contribution in [0.3, 0.4) is 0 Å². The lowest BCUT2D eigenvalue weighted by atomic mass is 9.94. The molecule has 0 spiro atoms. The monoisotopic (exact) mass is 295 g/mol. The van der Waals surface area contributed by atoms with E-state index in [1.165, 1.54) is 0 Å². The molecule has 0 saturated carbocycles. The highest BCUT2D eigenvalue weighted by atomic mass is 16.2. The van der Waals surface area contributed by atoms with Gasteiger partial charge in [-0.15, -0.1) is 0 Å². The summed E-state index contributed by atoms with van der Waals surface area (Å²) in [5.41, 5.74) is 0. The third-order valence-electron chi connectivity index (χ3n) is 4.76. The molecule has 2 aliphatic rings. The van der Waals surface area contributed by atoms with Crippen molar-refractivity contribution in [3.05, 3.63) is 0 Å². The lowest BCUT2D eigenvalue weighted by Gasteiger charge is -2.37. The molecule has 2 amide bonds. The van der Waals surface area contributed by atoms with Gasteiger partial charge in [-0.1, -0.05) is 13.3 Å². The summed E-state index contributed by atoms with van der Waals surface area (Å²) in [6.07, 6.45) is 4.36. The van der Waals surface area contributed by atoms with Crippen LogP contribution in [0.4, 0.5) is 0 Å². The minimum atomic E-state index is 0.128. The summed E-state index contributed by atoms with van der Waals surface area (Å²) < 4.78 is 0. The van der Waals surface area contributed by atoms with Crippen molar-refractivity contribution in [1.82, 2.24) is 14.7 Å². The molecule has 0 aliphatic carbocycles. The highest BCUT2D eigenvalue weighted by molar-refractivity contribution is 5.80. The van der Waals surface area contributed by atoms with E-state index in [2.05, 4.69) is 18.9 Å². The van der Waals surface area contributed by atoms with E-state index >= 15 is 0 Å². The third kappa shape index (κ3) is 4.43. The molecule has 0 aromatic carbocycles. The maximum Gasteiger partial charge on any atom is 0.225 e. The summed E-state index contributed by atoms with van der Waals surface area (Å²) in [5, 5.41) is 0. The molecule has 0 aromatic heterocycles. The van der Waals surface area contributed by atoms with Crippen LogP contribution in [0.2, 0.25) is 0 Å². The summed E-state index contributed by atoms with van der Waals surface area (Å²) >= 11 is 0. The van der Waals surface area contributed by atoms with Crippen LogP contribution in [0.25, 0.3) is 0 Å². The summed E-state index contributed by atoms with van der Waals surface area (Å²) in [6, 6.07) is 0. The first-order chi connectivity index (χ1) is 10.1. The molecule has 5 nitrogen and oxygen atoms in total. The Morgan fingerprint density at radius 3 is 2.14 bits per heavy atom. The van der Waals surface area contributed by atoms with E-state index in [9.17, 15) is 9.59 Å². The molecule has 0 atom stereocenters. The van der Waals surface area contributed by atoms with Gasteiger partial charge in [0.15, 0.2) is 0 Å². The van der Waals surface area contributed by atoms with Gasteiger partial charge in [0.25, 0.3) is 0 Å². The normalized spacial score (nSPS) is 21.6. The zero-order valence-electron chi connectivity index (χ0n) is 13.5. The first kappa shape index (κ1) is 16.3. The van der Waals surface area contributed by atoms with Gasteiger partial charge in [0.2, 0.25) is 11.8 Å². The Morgan fingerprint density at radius 1 is 0.952 bits per heavy atom. The molecule has 0 bridgehead atoms. The largest absolute Gasteiger partial charge is 0.343 e. The summed E-state index contributed by atoms with van der Waals surface area (Å²) in [7, 11) is 2.10. The number of carbonyl (C=O) groups excluding carboxylic acids is 2. The second-order valence-electron chi connectivity index (χ2n) is 6.39. The maximum atomic E-state index is 12.5. The Labute approximate surface area is 128 Å². The predicted octanol–water partition coefficient (Wildman–Crippen LogP) is 1.19. The molecule has 2 rings (SSSR count). The second kappa shape index (κ2) is 7.78. The van der Waals surface area contributed by atoms with Gasteiger partial charge in [-0.05, 0) is 26.3 Å². The van der Waals surface area contributed by atoms with Gasteiger partial charge in [0.1, 0.15) is 0 Å². The van der Waals surface area contributed by atoms with Crippen molar-refractivity contribution < 1.29 is 9.59 Å². The molecule has 2 saturated heterocycles. The van der Waals surface area contributed by atoms with Gasteiger partial charge in [-0.25, -0.2) is 0 Å². The topological polar surface area (TPSA) is 43.9 Å². The lowest BCUT2D eigenvalue weighted by molar-refractivity contribution is -0.142. The van der Waals surface area contributed by atoms with E-state index in [1.807, 2.05) is 9.80 Å². The van der Waals surface area contributed by atoms with Crippen molar-refractivity contribution in [2.24, 2.45) is 5.92 Å². The predicted molar refractivity (Wildman–Crippen MR) is 82.9 cm³/mol. The minimum Gasteiger partial charge on any atom is -0.343 e. The Kier molecular flexibility index (Phi) is 6.03. The van der Waals surface area contributed by atoms with E-state index in [1.54, 1.807) is 0 Å². The Hall–Kier alpha value is -1.10. The summed E-state index contributed by atoms with van der Waals surface area (Å²) in [5.74, 6) is 0.703. The number of hydrogen-bond donors (Lipinski definition) is 0. The minimum absolute atomic E-state index is 0.128. The molecule has 0 aromatic rings. The van der Waals surface area contributed by atoms with Crippen LogP contribution in [0.1, 0.15) is 39.0 Å². The number of likely N-dealkylation sites (tertiary alicyclic amines) is 1. The van der Waals surface area contributed by atoms with E-state index in [4.69, 9.17) is 0 Å². The van der Waals surface area contributed by atoms with Crippen LogP contribution >= 0.6 is 0 Å². The van der Waals surface area contributed by atoms with Crippen LogP contribution in [0.5, 0.6) is 0 Å². The summed E-state index contributed by atoms with van der Waals surface area (Å²) in [4.78, 5) is 30.7. The van der Waals surface area contributed by atoms with E-state index in [0.29, 0.717) is 12.3 Å². The van der Waals surface area contributed by atoms with Crippen molar-refractivity contribution >= 4 is 11.8 Å². The average Bonchev–Trinajstić information content (AvgIpc) is 2.53. The van der Waals surface area contributed by atoms with Gasteiger partial charge >= 0.3 is 0 Å². The van der Waals surface area contributed by atoms with Crippen LogP contribution in [-0.2, 0) is 9.59 Å². The summed E-state index contributed by atoms with van der Waals surface area (Å²) in [6.45, 7) is 7.27. The molecule has 0 unspecified atom stereocenters. The number of carbonyl (C=O) groups is 2. The van der Waals surface area contributed by atoms with Gasteiger partial charge in [-0.2, -0.15) is 0 Å². The number of unbranched alkanes of at least 4 members (excludes halogenated alkanes) is 1. The Balaban J connectivity index is 1.75. The fraction of sp³-hybridized carbons (Fsp3) is 0.875. The quantitative estimate of drug-likeness (QED) is 0.782. The highest BCUT2D eigenvalue weighted by Gasteiger charge is 2.30. The Bertz CT molecular complexity index is 357. The molecule has 0 radical (unpaired) electrons. The van der Waals surface area contributed by atoms with Crippen molar-refractivity contribution in [3.63, 3.8) is 0 Å². The molecule has 5 heteroatoms. The standard InChI is InChI=1S/C16H29N3O2/c1-3-4-5-15(20)18-8-6-14(7-9-18)16(21)19-12-10-17(2)11-13-19/h14H,3-13H2,1-2H3. The van der Waals surface area contributed by atoms with Crippen molar-refractivity contribution in [1.29, 1.82) is 0 Å². The number of nitrogens with zero attached hydrogens (tertiary/aromatic N) is 3.